The zero-order chi connectivity index (χ0) is 12.0. The fourth-order valence-corrected chi connectivity index (χ4v) is 1.68. The van der Waals surface area contributed by atoms with Crippen LogP contribution >= 0.6 is 0 Å². The minimum Gasteiger partial charge on any atom is -0.385 e. The number of hydrogen-bond donors (Lipinski definition) is 1. The van der Waals surface area contributed by atoms with Crippen LogP contribution in [0.5, 0.6) is 0 Å². The summed E-state index contributed by atoms with van der Waals surface area (Å²) < 4.78 is 18.0. The molecule has 0 heterocycles. The molecule has 16 heavy (non-hydrogen) atoms. The third-order valence-corrected chi connectivity index (χ3v) is 2.64. The molecule has 2 nitrogen and oxygen atoms in total. The largest absolute Gasteiger partial charge is 0.385 e. The van der Waals surface area contributed by atoms with Gasteiger partial charge in [0.1, 0.15) is 5.82 Å². The Kier molecular flexibility index (Phi) is 5.43. The fourth-order valence-electron chi connectivity index (χ4n) is 1.68. The molecule has 1 aromatic carbocycles. The summed E-state index contributed by atoms with van der Waals surface area (Å²) in [5.74, 6) is -0.185. The van der Waals surface area contributed by atoms with Gasteiger partial charge < -0.3 is 10.1 Å². The molecule has 0 aliphatic carbocycles. The number of hydrogen-bond acceptors (Lipinski definition) is 2. The molecular formula is C13H20FNO. The Morgan fingerprint density at radius 1 is 1.38 bits per heavy atom. The first-order chi connectivity index (χ1) is 7.63. The molecule has 0 radical (unpaired) electrons. The molecule has 0 spiro atoms. The van der Waals surface area contributed by atoms with Crippen LogP contribution in [0.25, 0.3) is 0 Å². The van der Waals surface area contributed by atoms with Crippen molar-refractivity contribution in [3.05, 3.63) is 35.6 Å². The predicted octanol–water partition coefficient (Wildman–Crippen LogP) is 2.90. The zero-order valence-corrected chi connectivity index (χ0v) is 10.2. The molecule has 0 amide bonds. The third kappa shape index (κ3) is 4.29. The summed E-state index contributed by atoms with van der Waals surface area (Å²) >= 11 is 0. The van der Waals surface area contributed by atoms with Crippen LogP contribution in [0.15, 0.2) is 24.3 Å². The van der Waals surface area contributed by atoms with Crippen molar-refractivity contribution in [2.24, 2.45) is 0 Å². The average Bonchev–Trinajstić information content (AvgIpc) is 2.26. The Balaban J connectivity index is 2.48. The summed E-state index contributed by atoms with van der Waals surface area (Å²) in [6.45, 7) is 4.89. The highest BCUT2D eigenvalue weighted by Gasteiger charge is 2.09. The maximum atomic E-state index is 13.0. The van der Waals surface area contributed by atoms with E-state index in [1.807, 2.05) is 13.0 Å². The van der Waals surface area contributed by atoms with Gasteiger partial charge >= 0.3 is 0 Å². The van der Waals surface area contributed by atoms with Gasteiger partial charge in [0.2, 0.25) is 0 Å². The highest BCUT2D eigenvalue weighted by Crippen LogP contribution is 2.14. The molecule has 2 unspecified atom stereocenters. The lowest BCUT2D eigenvalue weighted by atomic mass is 10.1. The lowest BCUT2D eigenvalue weighted by molar-refractivity contribution is 0.183. The Bertz CT molecular complexity index is 317. The maximum absolute atomic E-state index is 13.0. The van der Waals surface area contributed by atoms with Crippen molar-refractivity contribution in [1.29, 1.82) is 0 Å². The Morgan fingerprint density at radius 3 is 2.75 bits per heavy atom. The van der Waals surface area contributed by atoms with Gasteiger partial charge in [0.25, 0.3) is 0 Å². The normalized spacial score (nSPS) is 14.8. The van der Waals surface area contributed by atoms with Gasteiger partial charge in [-0.25, -0.2) is 4.39 Å². The molecule has 90 valence electrons. The molecular weight excluding hydrogens is 205 g/mol. The van der Waals surface area contributed by atoms with Crippen LogP contribution in [0, 0.1) is 5.82 Å². The summed E-state index contributed by atoms with van der Waals surface area (Å²) in [5, 5.41) is 3.41. The van der Waals surface area contributed by atoms with E-state index in [1.165, 1.54) is 6.07 Å². The molecule has 0 fully saturated rings. The van der Waals surface area contributed by atoms with Crippen LogP contribution in [-0.2, 0) is 4.74 Å². The molecule has 0 aromatic heterocycles. The van der Waals surface area contributed by atoms with Gasteiger partial charge in [-0.1, -0.05) is 12.1 Å². The Labute approximate surface area is 96.8 Å². The predicted molar refractivity (Wildman–Crippen MR) is 63.9 cm³/mol. The van der Waals surface area contributed by atoms with E-state index < -0.39 is 0 Å². The van der Waals surface area contributed by atoms with Crippen LogP contribution in [0.3, 0.4) is 0 Å². The van der Waals surface area contributed by atoms with Crippen LogP contribution in [0.4, 0.5) is 4.39 Å². The zero-order valence-electron chi connectivity index (χ0n) is 10.2. The average molecular weight is 225 g/mol. The third-order valence-electron chi connectivity index (χ3n) is 2.64. The number of benzene rings is 1. The standard InChI is InChI=1S/C13H20FNO/c1-10(7-8-16-3)15-11(2)12-5-4-6-13(14)9-12/h4-6,9-11,15H,7-8H2,1-3H3. The number of ether oxygens (including phenoxy) is 1. The van der Waals surface area contributed by atoms with Crippen molar-refractivity contribution in [3.63, 3.8) is 0 Å². The van der Waals surface area contributed by atoms with E-state index in [-0.39, 0.29) is 11.9 Å². The number of methoxy groups -OCH3 is 1. The second-order valence-corrected chi connectivity index (χ2v) is 4.13. The van der Waals surface area contributed by atoms with E-state index in [0.717, 1.165) is 18.6 Å². The Morgan fingerprint density at radius 2 is 2.12 bits per heavy atom. The fraction of sp³-hybridized carbons (Fsp3) is 0.538. The van der Waals surface area contributed by atoms with Crippen molar-refractivity contribution in [2.45, 2.75) is 32.4 Å². The molecule has 0 aliphatic heterocycles. The molecule has 0 saturated heterocycles. The van der Waals surface area contributed by atoms with Gasteiger partial charge in [-0.15, -0.1) is 0 Å². The van der Waals surface area contributed by atoms with E-state index in [2.05, 4.69) is 12.2 Å². The first kappa shape index (κ1) is 13.1. The van der Waals surface area contributed by atoms with Crippen LogP contribution in [0.1, 0.15) is 31.9 Å². The smallest absolute Gasteiger partial charge is 0.123 e. The summed E-state index contributed by atoms with van der Waals surface area (Å²) in [6, 6.07) is 7.22. The van der Waals surface area contributed by atoms with Gasteiger partial charge in [0.15, 0.2) is 0 Å². The van der Waals surface area contributed by atoms with E-state index >= 15 is 0 Å². The van der Waals surface area contributed by atoms with Gasteiger partial charge in [-0.2, -0.15) is 0 Å². The maximum Gasteiger partial charge on any atom is 0.123 e. The first-order valence-corrected chi connectivity index (χ1v) is 5.64. The van der Waals surface area contributed by atoms with Gasteiger partial charge in [-0.05, 0) is 38.0 Å². The van der Waals surface area contributed by atoms with Crippen molar-refractivity contribution in [1.82, 2.24) is 5.32 Å². The van der Waals surface area contributed by atoms with Crippen molar-refractivity contribution in [3.8, 4) is 0 Å². The molecule has 1 rings (SSSR count). The summed E-state index contributed by atoms with van der Waals surface area (Å²) in [5.41, 5.74) is 0.976. The van der Waals surface area contributed by atoms with E-state index in [9.17, 15) is 4.39 Å². The quantitative estimate of drug-likeness (QED) is 0.803. The Hall–Kier alpha value is -0.930. The lowest BCUT2D eigenvalue weighted by Gasteiger charge is -2.20. The second-order valence-electron chi connectivity index (χ2n) is 4.13. The highest BCUT2D eigenvalue weighted by molar-refractivity contribution is 5.19. The SMILES string of the molecule is COCCC(C)NC(C)c1cccc(F)c1. The highest BCUT2D eigenvalue weighted by atomic mass is 19.1. The van der Waals surface area contributed by atoms with Gasteiger partial charge in [-0.3, -0.25) is 0 Å². The second kappa shape index (κ2) is 6.61. The number of rotatable bonds is 6. The van der Waals surface area contributed by atoms with Crippen LogP contribution in [-0.4, -0.2) is 19.8 Å². The summed E-state index contributed by atoms with van der Waals surface area (Å²) in [4.78, 5) is 0. The van der Waals surface area contributed by atoms with Gasteiger partial charge in [0, 0.05) is 25.8 Å². The molecule has 2 atom stereocenters. The molecule has 3 heteroatoms. The summed E-state index contributed by atoms with van der Waals surface area (Å²) in [6.07, 6.45) is 0.955. The molecule has 1 aromatic rings. The first-order valence-electron chi connectivity index (χ1n) is 5.64. The lowest BCUT2D eigenvalue weighted by Crippen LogP contribution is -2.29. The number of halogens is 1. The van der Waals surface area contributed by atoms with Crippen molar-refractivity contribution in [2.75, 3.05) is 13.7 Å². The number of nitrogens with one attached hydrogen (secondary N) is 1. The van der Waals surface area contributed by atoms with Gasteiger partial charge in [0.05, 0.1) is 0 Å². The van der Waals surface area contributed by atoms with Crippen molar-refractivity contribution < 1.29 is 9.13 Å². The molecule has 0 saturated carbocycles. The van der Waals surface area contributed by atoms with E-state index in [1.54, 1.807) is 19.2 Å². The molecule has 0 aliphatic rings. The summed E-state index contributed by atoms with van der Waals surface area (Å²) in [7, 11) is 1.70. The molecule has 1 N–H and O–H groups in total. The monoisotopic (exact) mass is 225 g/mol. The topological polar surface area (TPSA) is 21.3 Å². The van der Waals surface area contributed by atoms with E-state index in [0.29, 0.717) is 6.04 Å². The van der Waals surface area contributed by atoms with Crippen molar-refractivity contribution >= 4 is 0 Å². The minimum absolute atomic E-state index is 0.155. The molecule has 0 bridgehead atoms. The van der Waals surface area contributed by atoms with E-state index in [4.69, 9.17) is 4.74 Å². The van der Waals surface area contributed by atoms with Crippen LogP contribution in [0.2, 0.25) is 0 Å². The minimum atomic E-state index is -0.185. The van der Waals surface area contributed by atoms with Crippen LogP contribution < -0.4 is 5.32 Å².